The maximum absolute atomic E-state index is 12.6. The highest BCUT2D eigenvalue weighted by molar-refractivity contribution is 6.05. The van der Waals surface area contributed by atoms with E-state index in [0.29, 0.717) is 31.5 Å². The van der Waals surface area contributed by atoms with Gasteiger partial charge in [-0.1, -0.05) is 6.07 Å². The number of amides is 1. The summed E-state index contributed by atoms with van der Waals surface area (Å²) in [5.74, 6) is -0.438. The van der Waals surface area contributed by atoms with Crippen LogP contribution < -0.4 is 10.2 Å². The number of anilines is 2. The first-order chi connectivity index (χ1) is 14.0. The van der Waals surface area contributed by atoms with Gasteiger partial charge in [0.05, 0.1) is 17.0 Å². The topological polar surface area (TPSA) is 87.5 Å². The van der Waals surface area contributed by atoms with Crippen molar-refractivity contribution in [1.82, 2.24) is 9.55 Å². The molecule has 1 aromatic carbocycles. The van der Waals surface area contributed by atoms with Gasteiger partial charge in [-0.05, 0) is 55.5 Å². The van der Waals surface area contributed by atoms with Crippen molar-refractivity contribution in [1.29, 1.82) is 0 Å². The zero-order chi connectivity index (χ0) is 20.4. The molecule has 3 aromatic rings. The normalized spacial score (nSPS) is 14.9. The molecular weight excluding hydrogens is 368 g/mol. The third kappa shape index (κ3) is 3.94. The molecule has 0 aliphatic carbocycles. The van der Waals surface area contributed by atoms with Gasteiger partial charge in [-0.3, -0.25) is 9.59 Å². The summed E-state index contributed by atoms with van der Waals surface area (Å²) in [6.07, 6.45) is 4.84. The Bertz CT molecular complexity index is 1030. The Morgan fingerprint density at radius 1 is 1.17 bits per heavy atom. The van der Waals surface area contributed by atoms with E-state index in [1.54, 1.807) is 12.3 Å². The van der Waals surface area contributed by atoms with Crippen LogP contribution in [-0.2, 0) is 11.3 Å². The van der Waals surface area contributed by atoms with Crippen LogP contribution in [0.2, 0.25) is 0 Å². The van der Waals surface area contributed by atoms with Crippen LogP contribution >= 0.6 is 0 Å². The Hall–Kier alpha value is -3.35. The fourth-order valence-corrected chi connectivity index (χ4v) is 3.80. The first-order valence-corrected chi connectivity index (χ1v) is 9.89. The molecule has 150 valence electrons. The van der Waals surface area contributed by atoms with Gasteiger partial charge in [0.2, 0.25) is 0 Å². The number of hydrogen-bond donors (Lipinski definition) is 2. The number of aliphatic carboxylic acids is 1. The van der Waals surface area contributed by atoms with Crippen LogP contribution in [0.15, 0.2) is 48.8 Å². The molecule has 4 rings (SSSR count). The number of piperidine rings is 1. The molecule has 1 aliphatic heterocycles. The van der Waals surface area contributed by atoms with Gasteiger partial charge in [0.15, 0.2) is 0 Å². The molecule has 0 atom stereocenters. The second-order valence-electron chi connectivity index (χ2n) is 7.33. The molecule has 2 N–H and O–H groups in total. The molecule has 29 heavy (non-hydrogen) atoms. The van der Waals surface area contributed by atoms with Crippen LogP contribution in [0, 0.1) is 5.92 Å². The van der Waals surface area contributed by atoms with Gasteiger partial charge in [0.1, 0.15) is 5.82 Å². The summed E-state index contributed by atoms with van der Waals surface area (Å²) in [6.45, 7) is 4.28. The van der Waals surface area contributed by atoms with E-state index < -0.39 is 5.97 Å². The van der Waals surface area contributed by atoms with Crippen molar-refractivity contribution in [3.8, 4) is 0 Å². The van der Waals surface area contributed by atoms with E-state index in [1.807, 2.05) is 30.5 Å². The first-order valence-electron chi connectivity index (χ1n) is 9.89. The number of hydrogen-bond acceptors (Lipinski definition) is 4. The van der Waals surface area contributed by atoms with Crippen molar-refractivity contribution in [2.24, 2.45) is 5.92 Å². The lowest BCUT2D eigenvalue weighted by Crippen LogP contribution is -2.36. The lowest BCUT2D eigenvalue weighted by molar-refractivity contribution is -0.142. The predicted molar refractivity (Wildman–Crippen MR) is 112 cm³/mol. The molecule has 0 spiro atoms. The standard InChI is InChI=1S/C22H24N4O3/c1-2-25-10-7-15-3-5-18(13-19(15)25)24-21(27)17-4-6-20(23-14-17)26-11-8-16(9-12-26)22(28)29/h3-7,10,13-14,16H,2,8-9,11-12H2,1H3,(H,24,27)(H,28,29). The van der Waals surface area contributed by atoms with Crippen LogP contribution in [0.5, 0.6) is 0 Å². The van der Waals surface area contributed by atoms with Crippen LogP contribution in [0.1, 0.15) is 30.1 Å². The molecule has 0 saturated carbocycles. The first kappa shape index (κ1) is 19.0. The Morgan fingerprint density at radius 3 is 2.62 bits per heavy atom. The Balaban J connectivity index is 1.42. The molecule has 3 heterocycles. The molecule has 0 bridgehead atoms. The van der Waals surface area contributed by atoms with Crippen molar-refractivity contribution in [2.75, 3.05) is 23.3 Å². The van der Waals surface area contributed by atoms with Gasteiger partial charge < -0.3 is 19.9 Å². The number of carboxylic acid groups (broad SMARTS) is 1. The van der Waals surface area contributed by atoms with E-state index in [1.165, 1.54) is 0 Å². The Labute approximate surface area is 169 Å². The third-order valence-corrected chi connectivity index (χ3v) is 5.55. The van der Waals surface area contributed by atoms with Crippen molar-refractivity contribution >= 4 is 34.3 Å². The molecule has 1 aliphatic rings. The summed E-state index contributed by atoms with van der Waals surface area (Å²) in [7, 11) is 0. The minimum atomic E-state index is -0.728. The van der Waals surface area contributed by atoms with Gasteiger partial charge in [0, 0.05) is 37.7 Å². The smallest absolute Gasteiger partial charge is 0.306 e. The quantitative estimate of drug-likeness (QED) is 0.693. The number of rotatable bonds is 5. The van der Waals surface area contributed by atoms with Gasteiger partial charge in [-0.2, -0.15) is 0 Å². The van der Waals surface area contributed by atoms with Crippen molar-refractivity contribution < 1.29 is 14.7 Å². The number of aryl methyl sites for hydroxylation is 1. The van der Waals surface area contributed by atoms with E-state index in [2.05, 4.69) is 32.8 Å². The number of fused-ring (bicyclic) bond motifs is 1. The number of carboxylic acids is 1. The number of benzene rings is 1. The summed E-state index contributed by atoms with van der Waals surface area (Å²) >= 11 is 0. The summed E-state index contributed by atoms with van der Waals surface area (Å²) in [4.78, 5) is 30.2. The van der Waals surface area contributed by atoms with Crippen molar-refractivity contribution in [2.45, 2.75) is 26.3 Å². The largest absolute Gasteiger partial charge is 0.481 e. The maximum Gasteiger partial charge on any atom is 0.306 e. The lowest BCUT2D eigenvalue weighted by atomic mass is 9.97. The molecule has 1 fully saturated rings. The molecule has 7 nitrogen and oxygen atoms in total. The molecular formula is C22H24N4O3. The highest BCUT2D eigenvalue weighted by Gasteiger charge is 2.25. The Morgan fingerprint density at radius 2 is 1.97 bits per heavy atom. The van der Waals surface area contributed by atoms with E-state index in [4.69, 9.17) is 5.11 Å². The second-order valence-corrected chi connectivity index (χ2v) is 7.33. The number of nitrogens with zero attached hydrogens (tertiary/aromatic N) is 3. The van der Waals surface area contributed by atoms with Gasteiger partial charge >= 0.3 is 5.97 Å². The number of aromatic nitrogens is 2. The number of pyridine rings is 1. The van der Waals surface area contributed by atoms with Crippen LogP contribution in [0.3, 0.4) is 0 Å². The molecule has 0 unspecified atom stereocenters. The average molecular weight is 392 g/mol. The minimum absolute atomic E-state index is 0.206. The van der Waals surface area contributed by atoms with Crippen LogP contribution in [-0.4, -0.2) is 39.6 Å². The number of carbonyl (C=O) groups is 2. The maximum atomic E-state index is 12.6. The molecule has 2 aromatic heterocycles. The second kappa shape index (κ2) is 7.95. The van der Waals surface area contributed by atoms with Crippen molar-refractivity contribution in [3.63, 3.8) is 0 Å². The van der Waals surface area contributed by atoms with E-state index in [-0.39, 0.29) is 11.8 Å². The highest BCUT2D eigenvalue weighted by atomic mass is 16.4. The van der Waals surface area contributed by atoms with Gasteiger partial charge in [-0.25, -0.2) is 4.98 Å². The monoisotopic (exact) mass is 392 g/mol. The zero-order valence-electron chi connectivity index (χ0n) is 16.3. The predicted octanol–water partition coefficient (Wildman–Crippen LogP) is 3.61. The van der Waals surface area contributed by atoms with E-state index in [9.17, 15) is 9.59 Å². The summed E-state index contributed by atoms with van der Waals surface area (Å²) in [5, 5.41) is 13.2. The third-order valence-electron chi connectivity index (χ3n) is 5.55. The summed E-state index contributed by atoms with van der Waals surface area (Å²) in [5.41, 5.74) is 2.32. The Kier molecular flexibility index (Phi) is 5.20. The lowest BCUT2D eigenvalue weighted by Gasteiger charge is -2.31. The van der Waals surface area contributed by atoms with Gasteiger partial charge in [0.25, 0.3) is 5.91 Å². The zero-order valence-corrected chi connectivity index (χ0v) is 16.3. The minimum Gasteiger partial charge on any atom is -0.481 e. The van der Waals surface area contributed by atoms with E-state index >= 15 is 0 Å². The molecule has 0 radical (unpaired) electrons. The molecule has 1 amide bonds. The van der Waals surface area contributed by atoms with Crippen LogP contribution in [0.4, 0.5) is 11.5 Å². The fraction of sp³-hybridized carbons (Fsp3) is 0.318. The van der Waals surface area contributed by atoms with E-state index in [0.717, 1.165) is 29.0 Å². The number of carbonyl (C=O) groups excluding carboxylic acids is 1. The summed E-state index contributed by atoms with van der Waals surface area (Å²) < 4.78 is 2.13. The SMILES string of the molecule is CCn1ccc2ccc(NC(=O)c3ccc(N4CCC(C(=O)O)CC4)nc3)cc21. The number of nitrogens with one attached hydrogen (secondary N) is 1. The van der Waals surface area contributed by atoms with Crippen molar-refractivity contribution in [3.05, 3.63) is 54.4 Å². The van der Waals surface area contributed by atoms with Crippen LogP contribution in [0.25, 0.3) is 10.9 Å². The summed E-state index contributed by atoms with van der Waals surface area (Å²) in [6, 6.07) is 11.5. The molecule has 7 heteroatoms. The fourth-order valence-electron chi connectivity index (χ4n) is 3.80. The highest BCUT2D eigenvalue weighted by Crippen LogP contribution is 2.23. The average Bonchev–Trinajstić information content (AvgIpc) is 3.16. The molecule has 1 saturated heterocycles. The van der Waals surface area contributed by atoms with Gasteiger partial charge in [-0.15, -0.1) is 0 Å².